The van der Waals surface area contributed by atoms with Crippen molar-refractivity contribution in [2.45, 2.75) is 6.54 Å². The maximum atomic E-state index is 12.7. The van der Waals surface area contributed by atoms with Gasteiger partial charge in [0, 0.05) is 30.4 Å². The molecule has 6 heteroatoms. The van der Waals surface area contributed by atoms with E-state index in [1.807, 2.05) is 36.5 Å². The highest BCUT2D eigenvalue weighted by Gasteiger charge is 2.18. The molecule has 0 bridgehead atoms. The summed E-state index contributed by atoms with van der Waals surface area (Å²) in [7, 11) is 3.27. The Kier molecular flexibility index (Phi) is 5.05. The van der Waals surface area contributed by atoms with Gasteiger partial charge in [0.25, 0.3) is 5.91 Å². The molecule has 0 spiro atoms. The highest BCUT2D eigenvalue weighted by atomic mass is 35.5. The van der Waals surface area contributed by atoms with Gasteiger partial charge >= 0.3 is 0 Å². The van der Waals surface area contributed by atoms with Crippen molar-refractivity contribution in [3.8, 4) is 11.4 Å². The number of benzene rings is 2. The number of hydrogen-bond donors (Lipinski definition) is 0. The first-order valence-electron chi connectivity index (χ1n) is 7.76. The van der Waals surface area contributed by atoms with Crippen LogP contribution in [0.5, 0.6) is 5.75 Å². The lowest BCUT2D eigenvalue weighted by Gasteiger charge is -2.18. The molecule has 128 valence electrons. The van der Waals surface area contributed by atoms with Gasteiger partial charge in [-0.3, -0.25) is 4.79 Å². The summed E-state index contributed by atoms with van der Waals surface area (Å²) in [4.78, 5) is 14.3. The van der Waals surface area contributed by atoms with Crippen LogP contribution in [0, 0.1) is 0 Å². The lowest BCUT2D eigenvalue weighted by atomic mass is 10.1. The van der Waals surface area contributed by atoms with Gasteiger partial charge < -0.3 is 9.64 Å². The summed E-state index contributed by atoms with van der Waals surface area (Å²) in [5.41, 5.74) is 2.34. The van der Waals surface area contributed by atoms with Crippen LogP contribution in [0.1, 0.15) is 15.9 Å². The average molecular weight is 356 g/mol. The number of carbonyl (C=O) groups is 1. The summed E-state index contributed by atoms with van der Waals surface area (Å²) in [6, 6.07) is 14.8. The zero-order valence-electron chi connectivity index (χ0n) is 14.0. The minimum Gasteiger partial charge on any atom is -0.496 e. The molecule has 3 rings (SSSR count). The molecule has 0 aliphatic rings. The Balaban J connectivity index is 1.76. The van der Waals surface area contributed by atoms with Crippen molar-refractivity contribution in [2.75, 3.05) is 14.2 Å². The fourth-order valence-corrected chi connectivity index (χ4v) is 2.73. The molecule has 0 radical (unpaired) electrons. The SMILES string of the molecule is COc1ccc(Cl)cc1C(=O)N(C)Cc1cnn(-c2ccccc2)c1. The first-order chi connectivity index (χ1) is 12.1. The summed E-state index contributed by atoms with van der Waals surface area (Å²) in [6.45, 7) is 0.432. The Morgan fingerprint density at radius 1 is 1.24 bits per heavy atom. The maximum absolute atomic E-state index is 12.7. The van der Waals surface area contributed by atoms with Crippen molar-refractivity contribution in [3.05, 3.63) is 77.1 Å². The molecule has 3 aromatic rings. The quantitative estimate of drug-likeness (QED) is 0.699. The van der Waals surface area contributed by atoms with Gasteiger partial charge in [-0.2, -0.15) is 5.10 Å². The van der Waals surface area contributed by atoms with E-state index in [2.05, 4.69) is 5.10 Å². The predicted octanol–water partition coefficient (Wildman–Crippen LogP) is 3.81. The highest BCUT2D eigenvalue weighted by Crippen LogP contribution is 2.24. The minimum absolute atomic E-state index is 0.160. The van der Waals surface area contributed by atoms with E-state index in [4.69, 9.17) is 16.3 Å². The number of rotatable bonds is 5. The Labute approximate surface area is 151 Å². The lowest BCUT2D eigenvalue weighted by molar-refractivity contribution is 0.0781. The third kappa shape index (κ3) is 3.83. The van der Waals surface area contributed by atoms with Crippen LogP contribution >= 0.6 is 11.6 Å². The van der Waals surface area contributed by atoms with Crippen LogP contribution in [-0.2, 0) is 6.54 Å². The second-order valence-corrected chi connectivity index (χ2v) is 6.07. The van der Waals surface area contributed by atoms with Crippen LogP contribution in [0.25, 0.3) is 5.69 Å². The molecule has 5 nitrogen and oxygen atoms in total. The van der Waals surface area contributed by atoms with Crippen LogP contribution in [0.2, 0.25) is 5.02 Å². The standard InChI is InChI=1S/C19H18ClN3O2/c1-22(19(24)17-10-15(20)8-9-18(17)25-2)12-14-11-21-23(13-14)16-6-4-3-5-7-16/h3-11,13H,12H2,1-2H3. The number of amides is 1. The van der Waals surface area contributed by atoms with E-state index in [-0.39, 0.29) is 5.91 Å². The molecular weight excluding hydrogens is 338 g/mol. The zero-order chi connectivity index (χ0) is 17.8. The Hall–Kier alpha value is -2.79. The van der Waals surface area contributed by atoms with Gasteiger partial charge in [0.15, 0.2) is 0 Å². The molecule has 0 unspecified atom stereocenters. The summed E-state index contributed by atoms with van der Waals surface area (Å²) >= 11 is 6.01. The van der Waals surface area contributed by atoms with E-state index in [1.54, 1.807) is 41.0 Å². The van der Waals surface area contributed by atoms with Crippen molar-refractivity contribution in [3.63, 3.8) is 0 Å². The largest absolute Gasteiger partial charge is 0.496 e. The molecule has 0 N–H and O–H groups in total. The van der Waals surface area contributed by atoms with E-state index in [0.717, 1.165) is 11.3 Å². The van der Waals surface area contributed by atoms with Crippen LogP contribution in [0.15, 0.2) is 60.9 Å². The Morgan fingerprint density at radius 3 is 2.72 bits per heavy atom. The first-order valence-corrected chi connectivity index (χ1v) is 8.14. The predicted molar refractivity (Wildman–Crippen MR) is 97.4 cm³/mol. The molecule has 25 heavy (non-hydrogen) atoms. The van der Waals surface area contributed by atoms with E-state index < -0.39 is 0 Å². The molecule has 1 heterocycles. The molecule has 0 saturated carbocycles. The van der Waals surface area contributed by atoms with Crippen molar-refractivity contribution >= 4 is 17.5 Å². The molecule has 0 fully saturated rings. The Morgan fingerprint density at radius 2 is 2.00 bits per heavy atom. The maximum Gasteiger partial charge on any atom is 0.257 e. The molecule has 2 aromatic carbocycles. The van der Waals surface area contributed by atoms with E-state index in [1.165, 1.54) is 7.11 Å². The van der Waals surface area contributed by atoms with E-state index in [0.29, 0.717) is 22.9 Å². The molecule has 0 aliphatic heterocycles. The lowest BCUT2D eigenvalue weighted by Crippen LogP contribution is -2.26. The van der Waals surface area contributed by atoms with Crippen LogP contribution in [-0.4, -0.2) is 34.7 Å². The normalized spacial score (nSPS) is 10.5. The summed E-state index contributed by atoms with van der Waals surface area (Å²) in [5, 5.41) is 4.85. The van der Waals surface area contributed by atoms with Gasteiger partial charge in [-0.15, -0.1) is 0 Å². The third-order valence-electron chi connectivity index (χ3n) is 3.82. The topological polar surface area (TPSA) is 47.4 Å². The molecule has 1 amide bonds. The van der Waals surface area contributed by atoms with Gasteiger partial charge in [0.2, 0.25) is 0 Å². The van der Waals surface area contributed by atoms with Gasteiger partial charge in [0.05, 0.1) is 24.6 Å². The number of hydrogen-bond acceptors (Lipinski definition) is 3. The highest BCUT2D eigenvalue weighted by molar-refractivity contribution is 6.31. The zero-order valence-corrected chi connectivity index (χ0v) is 14.8. The number of ether oxygens (including phenoxy) is 1. The van der Waals surface area contributed by atoms with Crippen molar-refractivity contribution < 1.29 is 9.53 Å². The monoisotopic (exact) mass is 355 g/mol. The summed E-state index contributed by atoms with van der Waals surface area (Å²) in [6.07, 6.45) is 3.67. The second kappa shape index (κ2) is 7.40. The number of carbonyl (C=O) groups excluding carboxylic acids is 1. The van der Waals surface area contributed by atoms with Gasteiger partial charge in [-0.05, 0) is 30.3 Å². The molecule has 1 aromatic heterocycles. The van der Waals surface area contributed by atoms with Crippen molar-refractivity contribution in [1.82, 2.24) is 14.7 Å². The number of aromatic nitrogens is 2. The average Bonchev–Trinajstić information content (AvgIpc) is 3.10. The van der Waals surface area contributed by atoms with Crippen molar-refractivity contribution in [2.24, 2.45) is 0 Å². The number of halogens is 1. The van der Waals surface area contributed by atoms with Crippen LogP contribution in [0.3, 0.4) is 0 Å². The molecule has 0 saturated heterocycles. The van der Waals surface area contributed by atoms with E-state index in [9.17, 15) is 4.79 Å². The fraction of sp³-hybridized carbons (Fsp3) is 0.158. The molecule has 0 aliphatic carbocycles. The van der Waals surface area contributed by atoms with E-state index >= 15 is 0 Å². The van der Waals surface area contributed by atoms with Gasteiger partial charge in [-0.1, -0.05) is 29.8 Å². The fourth-order valence-electron chi connectivity index (χ4n) is 2.56. The van der Waals surface area contributed by atoms with Crippen molar-refractivity contribution in [1.29, 1.82) is 0 Å². The smallest absolute Gasteiger partial charge is 0.257 e. The van der Waals surface area contributed by atoms with Crippen LogP contribution < -0.4 is 4.74 Å². The number of para-hydroxylation sites is 1. The molecule has 0 atom stereocenters. The second-order valence-electron chi connectivity index (χ2n) is 5.63. The molecular formula is C19H18ClN3O2. The van der Waals surface area contributed by atoms with Crippen LogP contribution in [0.4, 0.5) is 0 Å². The summed E-state index contributed by atoms with van der Waals surface area (Å²) in [5.74, 6) is 0.341. The van der Waals surface area contributed by atoms with Gasteiger partial charge in [-0.25, -0.2) is 4.68 Å². The first kappa shape index (κ1) is 17.0. The third-order valence-corrected chi connectivity index (χ3v) is 4.05. The number of nitrogens with zero attached hydrogens (tertiary/aromatic N) is 3. The number of methoxy groups -OCH3 is 1. The Bertz CT molecular complexity index is 877. The summed E-state index contributed by atoms with van der Waals surface area (Å²) < 4.78 is 7.05. The minimum atomic E-state index is -0.160. The van der Waals surface area contributed by atoms with Gasteiger partial charge in [0.1, 0.15) is 5.75 Å².